The number of hydrogen-bond acceptors (Lipinski definition) is 4. The smallest absolute Gasteiger partial charge is 0.231 e. The molecule has 1 amide bonds. The molecular weight excluding hydrogens is 382 g/mol. The van der Waals surface area contributed by atoms with Gasteiger partial charge in [0.25, 0.3) is 0 Å². The molecule has 0 unspecified atom stereocenters. The molecule has 0 spiro atoms. The lowest BCUT2D eigenvalue weighted by atomic mass is 9.86. The Morgan fingerprint density at radius 3 is 2.69 bits per heavy atom. The molecule has 1 N–H and O–H groups in total. The van der Waals surface area contributed by atoms with E-state index in [1.54, 1.807) is 37.4 Å². The van der Waals surface area contributed by atoms with Crippen molar-refractivity contribution in [2.45, 2.75) is 18.9 Å². The van der Waals surface area contributed by atoms with Gasteiger partial charge in [0.1, 0.15) is 6.61 Å². The number of nitrogens with one attached hydrogen (secondary N) is 1. The van der Waals surface area contributed by atoms with Gasteiger partial charge < -0.3 is 10.1 Å². The Hall–Kier alpha value is -2.88. The second-order valence-corrected chi connectivity index (χ2v) is 8.48. The second-order valence-electron chi connectivity index (χ2n) is 7.39. The normalized spacial score (nSPS) is 20.8. The number of rotatable bonds is 2. The van der Waals surface area contributed by atoms with Crippen LogP contribution in [-0.4, -0.2) is 44.6 Å². The van der Waals surface area contributed by atoms with Crippen molar-refractivity contribution < 1.29 is 9.53 Å². The number of carbonyl (C=O) groups excluding carboxylic acids is 1. The van der Waals surface area contributed by atoms with E-state index in [9.17, 15) is 4.79 Å². The van der Waals surface area contributed by atoms with Gasteiger partial charge >= 0.3 is 0 Å². The molecule has 5 nitrogen and oxygen atoms in total. The molecule has 2 heterocycles. The number of benzene rings is 2. The fourth-order valence-corrected chi connectivity index (χ4v) is 4.77. The summed E-state index contributed by atoms with van der Waals surface area (Å²) >= 11 is 1.77. The Bertz CT molecular complexity index is 1200. The van der Waals surface area contributed by atoms with Gasteiger partial charge in [-0.25, -0.2) is 0 Å². The minimum atomic E-state index is -0.503. The predicted octanol–water partition coefficient (Wildman–Crippen LogP) is 3.71. The first-order valence-electron chi connectivity index (χ1n) is 9.41. The van der Waals surface area contributed by atoms with Crippen molar-refractivity contribution in [2.75, 3.05) is 27.8 Å². The maximum atomic E-state index is 12.5. The molecule has 0 radical (unpaired) electrons. The molecule has 4 rings (SSSR count). The minimum absolute atomic E-state index is 0.0535. The highest BCUT2D eigenvalue weighted by Gasteiger charge is 2.38. The number of ether oxygens (including phenoxy) is 1. The fourth-order valence-electron chi connectivity index (χ4n) is 3.70. The van der Waals surface area contributed by atoms with Crippen molar-refractivity contribution in [3.8, 4) is 11.8 Å². The van der Waals surface area contributed by atoms with Crippen LogP contribution in [0.25, 0.3) is 20.2 Å². The Kier molecular flexibility index (Phi) is 5.03. The van der Waals surface area contributed by atoms with Crippen LogP contribution in [0.5, 0.6) is 0 Å². The number of guanidine groups is 1. The Morgan fingerprint density at radius 1 is 1.24 bits per heavy atom. The summed E-state index contributed by atoms with van der Waals surface area (Å²) in [7, 11) is 5.08. The van der Waals surface area contributed by atoms with E-state index in [0.717, 1.165) is 11.1 Å². The van der Waals surface area contributed by atoms with Crippen LogP contribution >= 0.6 is 11.3 Å². The molecular formula is C23H23N3O2S. The monoisotopic (exact) mass is 405 g/mol. The van der Waals surface area contributed by atoms with Crippen molar-refractivity contribution in [1.82, 2.24) is 10.2 Å². The third-order valence-electron chi connectivity index (χ3n) is 5.35. The van der Waals surface area contributed by atoms with Crippen molar-refractivity contribution in [1.29, 1.82) is 0 Å². The van der Waals surface area contributed by atoms with E-state index < -0.39 is 5.54 Å². The summed E-state index contributed by atoms with van der Waals surface area (Å²) < 4.78 is 7.46. The maximum absolute atomic E-state index is 12.5. The molecule has 3 aromatic rings. The molecule has 1 aromatic heterocycles. The van der Waals surface area contributed by atoms with Gasteiger partial charge in [-0.05, 0) is 42.8 Å². The lowest BCUT2D eigenvalue weighted by molar-refractivity contribution is -0.129. The predicted molar refractivity (Wildman–Crippen MR) is 119 cm³/mol. The lowest BCUT2D eigenvalue weighted by Gasteiger charge is -2.40. The first-order chi connectivity index (χ1) is 13.9. The standard InChI is InChI=1S/C23H23N3O2S/c1-23(14-21(27)26(3)22(24-2)25-23)16-8-10-20-18(13-16)17-12-15(6-5-11-28-4)7-9-19(17)29-20/h7-10,12-13H,11,14H2,1-4H3,(H,24,25)/t23-/m0/s1. The Morgan fingerprint density at radius 2 is 1.97 bits per heavy atom. The van der Waals surface area contributed by atoms with Gasteiger partial charge in [-0.3, -0.25) is 14.7 Å². The van der Waals surface area contributed by atoms with E-state index in [1.807, 2.05) is 6.07 Å². The van der Waals surface area contributed by atoms with E-state index in [2.05, 4.69) is 59.4 Å². The van der Waals surface area contributed by atoms with Crippen LogP contribution in [0.3, 0.4) is 0 Å². The number of amides is 1. The van der Waals surface area contributed by atoms with Crippen LogP contribution in [0.2, 0.25) is 0 Å². The summed E-state index contributed by atoms with van der Waals surface area (Å²) in [5.41, 5.74) is 1.54. The molecule has 1 aliphatic heterocycles. The van der Waals surface area contributed by atoms with E-state index in [4.69, 9.17) is 4.74 Å². The topological polar surface area (TPSA) is 53.9 Å². The molecule has 148 valence electrons. The summed E-state index contributed by atoms with van der Waals surface area (Å²) in [6.07, 6.45) is 0.379. The molecule has 2 aromatic carbocycles. The van der Waals surface area contributed by atoms with Gasteiger partial charge in [0.2, 0.25) is 11.9 Å². The van der Waals surface area contributed by atoms with Crippen LogP contribution in [-0.2, 0) is 15.1 Å². The highest BCUT2D eigenvalue weighted by molar-refractivity contribution is 7.25. The third-order valence-corrected chi connectivity index (χ3v) is 6.50. The van der Waals surface area contributed by atoms with Crippen LogP contribution in [0.1, 0.15) is 24.5 Å². The largest absolute Gasteiger partial charge is 0.372 e. The highest BCUT2D eigenvalue weighted by Crippen LogP contribution is 2.38. The fraction of sp³-hybridized carbons (Fsp3) is 0.304. The van der Waals surface area contributed by atoms with Crippen molar-refractivity contribution in [2.24, 2.45) is 4.99 Å². The number of methoxy groups -OCH3 is 1. The first kappa shape index (κ1) is 19.4. The van der Waals surface area contributed by atoms with E-state index in [-0.39, 0.29) is 5.91 Å². The summed E-state index contributed by atoms with van der Waals surface area (Å²) in [5, 5.41) is 5.82. The molecule has 6 heteroatoms. The van der Waals surface area contributed by atoms with Gasteiger partial charge in [0.15, 0.2) is 0 Å². The molecule has 1 aliphatic rings. The summed E-state index contributed by atoms with van der Waals surface area (Å²) in [6, 6.07) is 12.7. The zero-order valence-corrected chi connectivity index (χ0v) is 17.8. The SMILES string of the molecule is CN=C1N[C@](C)(c2ccc3sc4ccc(C#CCOC)cc4c3c2)CC(=O)N1C. The summed E-state index contributed by atoms with van der Waals surface area (Å²) in [6.45, 7) is 2.47. The van der Waals surface area contributed by atoms with E-state index in [0.29, 0.717) is 19.0 Å². The Balaban J connectivity index is 1.80. The molecule has 1 atom stereocenters. The zero-order valence-electron chi connectivity index (χ0n) is 17.0. The van der Waals surface area contributed by atoms with Crippen LogP contribution in [0.4, 0.5) is 0 Å². The average molecular weight is 406 g/mol. The van der Waals surface area contributed by atoms with Crippen molar-refractivity contribution >= 4 is 43.4 Å². The van der Waals surface area contributed by atoms with Crippen LogP contribution < -0.4 is 5.32 Å². The number of hydrogen-bond donors (Lipinski definition) is 1. The maximum Gasteiger partial charge on any atom is 0.231 e. The number of thiophene rings is 1. The number of carbonyl (C=O) groups is 1. The Labute approximate surface area is 174 Å². The zero-order chi connectivity index (χ0) is 20.6. The van der Waals surface area contributed by atoms with Crippen molar-refractivity contribution in [3.05, 3.63) is 47.5 Å². The van der Waals surface area contributed by atoms with Gasteiger partial charge in [-0.1, -0.05) is 17.9 Å². The summed E-state index contributed by atoms with van der Waals surface area (Å²) in [4.78, 5) is 18.3. The minimum Gasteiger partial charge on any atom is -0.372 e. The quantitative estimate of drug-likeness (QED) is 0.662. The van der Waals surface area contributed by atoms with Crippen molar-refractivity contribution in [3.63, 3.8) is 0 Å². The third kappa shape index (κ3) is 3.48. The van der Waals surface area contributed by atoms with Gasteiger partial charge in [0, 0.05) is 46.9 Å². The van der Waals surface area contributed by atoms with Gasteiger partial charge in [-0.2, -0.15) is 0 Å². The number of nitrogens with zero attached hydrogens (tertiary/aromatic N) is 2. The molecule has 1 saturated heterocycles. The summed E-state index contributed by atoms with van der Waals surface area (Å²) in [5.74, 6) is 6.81. The van der Waals surface area contributed by atoms with Crippen LogP contribution in [0, 0.1) is 11.8 Å². The molecule has 0 aliphatic carbocycles. The molecule has 29 heavy (non-hydrogen) atoms. The van der Waals surface area contributed by atoms with E-state index in [1.165, 1.54) is 20.2 Å². The van der Waals surface area contributed by atoms with Crippen LogP contribution in [0.15, 0.2) is 41.4 Å². The van der Waals surface area contributed by atoms with Gasteiger partial charge in [-0.15, -0.1) is 11.3 Å². The van der Waals surface area contributed by atoms with E-state index >= 15 is 0 Å². The number of aliphatic imine (C=N–C) groups is 1. The molecule has 1 fully saturated rings. The lowest BCUT2D eigenvalue weighted by Crippen LogP contribution is -2.58. The van der Waals surface area contributed by atoms with Gasteiger partial charge in [0.05, 0.1) is 12.0 Å². The second kappa shape index (κ2) is 7.51. The molecule has 0 saturated carbocycles. The molecule has 0 bridgehead atoms. The highest BCUT2D eigenvalue weighted by atomic mass is 32.1. The average Bonchev–Trinajstić information content (AvgIpc) is 3.08. The number of fused-ring (bicyclic) bond motifs is 3. The first-order valence-corrected chi connectivity index (χ1v) is 10.2.